The summed E-state index contributed by atoms with van der Waals surface area (Å²) >= 11 is 2.07. The molecule has 4 nitrogen and oxygen atoms in total. The molecule has 1 saturated heterocycles. The van der Waals surface area contributed by atoms with Gasteiger partial charge in [-0.15, -0.1) is 0 Å². The monoisotopic (exact) mass is 386 g/mol. The maximum absolute atomic E-state index is 11.2. The average molecular weight is 387 g/mol. The molecule has 0 amide bonds. The molecule has 1 aromatic rings. The van der Waals surface area contributed by atoms with Gasteiger partial charge in [0.1, 0.15) is 6.61 Å². The third-order valence-electron chi connectivity index (χ3n) is 2.80. The zero-order valence-electron chi connectivity index (χ0n) is 17.2. The minimum absolute atomic E-state index is 0.101. The van der Waals surface area contributed by atoms with Gasteiger partial charge in [0, 0.05) is 6.42 Å². The van der Waals surface area contributed by atoms with E-state index in [4.69, 9.17) is 14.9 Å². The lowest BCUT2D eigenvalue weighted by Gasteiger charge is -2.03. The van der Waals surface area contributed by atoms with Crippen LogP contribution < -0.4 is 0 Å². The zero-order chi connectivity index (χ0) is 20.3. The molecule has 2 N–H and O–H groups in total. The van der Waals surface area contributed by atoms with Crippen LogP contribution in [0, 0.1) is 0 Å². The highest BCUT2D eigenvalue weighted by atomic mass is 32.2. The van der Waals surface area contributed by atoms with E-state index in [0.29, 0.717) is 13.0 Å². The van der Waals surface area contributed by atoms with Crippen molar-refractivity contribution in [2.45, 2.75) is 79.1 Å². The van der Waals surface area contributed by atoms with Crippen LogP contribution in [-0.2, 0) is 16.1 Å². The summed E-state index contributed by atoms with van der Waals surface area (Å²) in [4.78, 5) is 11.2. The molecule has 0 atom stereocenters. The number of hydrogen-bond acceptors (Lipinski definition) is 5. The van der Waals surface area contributed by atoms with Gasteiger partial charge in [0.15, 0.2) is 5.79 Å². The van der Waals surface area contributed by atoms with Gasteiger partial charge in [-0.25, -0.2) is 0 Å². The van der Waals surface area contributed by atoms with E-state index in [-0.39, 0.29) is 5.97 Å². The maximum Gasteiger partial charge on any atom is 0.306 e. The molecule has 0 radical (unpaired) electrons. The van der Waals surface area contributed by atoms with Gasteiger partial charge in [-0.1, -0.05) is 57.5 Å². The Morgan fingerprint density at radius 2 is 1.62 bits per heavy atom. The fourth-order valence-corrected chi connectivity index (χ4v) is 2.66. The van der Waals surface area contributed by atoms with E-state index < -0.39 is 5.79 Å². The molecule has 0 bridgehead atoms. The summed E-state index contributed by atoms with van der Waals surface area (Å²) in [6.07, 6.45) is 5.40. The Labute approximate surface area is 164 Å². The van der Waals surface area contributed by atoms with Gasteiger partial charge in [-0.05, 0) is 50.2 Å². The normalized spacial score (nSPS) is 12.4. The second kappa shape index (κ2) is 18.7. The number of rotatable bonds is 5. The largest absolute Gasteiger partial charge is 0.461 e. The van der Waals surface area contributed by atoms with Gasteiger partial charge < -0.3 is 14.9 Å². The molecule has 26 heavy (non-hydrogen) atoms. The molecule has 1 aromatic carbocycles. The molecule has 5 heteroatoms. The van der Waals surface area contributed by atoms with E-state index in [1.54, 1.807) is 0 Å². The summed E-state index contributed by atoms with van der Waals surface area (Å²) in [7, 11) is 0. The van der Waals surface area contributed by atoms with Gasteiger partial charge in [0.05, 0.1) is 0 Å². The van der Waals surface area contributed by atoms with Crippen molar-refractivity contribution in [1.29, 1.82) is 0 Å². The van der Waals surface area contributed by atoms with Crippen molar-refractivity contribution in [3.63, 3.8) is 0 Å². The Morgan fingerprint density at radius 1 is 1.12 bits per heavy atom. The van der Waals surface area contributed by atoms with Crippen molar-refractivity contribution < 1.29 is 19.7 Å². The zero-order valence-corrected chi connectivity index (χ0v) is 18.0. The number of unbranched alkanes of at least 4 members (excludes halogenated alkanes) is 1. The highest BCUT2D eigenvalue weighted by molar-refractivity contribution is 7.99. The third kappa shape index (κ3) is 25.2. The fraction of sp³-hybridized carbons (Fsp3) is 0.667. The van der Waals surface area contributed by atoms with Crippen LogP contribution in [0.1, 0.15) is 72.3 Å². The highest BCUT2D eigenvalue weighted by Gasteiger charge is 2.01. The van der Waals surface area contributed by atoms with Gasteiger partial charge in [-0.2, -0.15) is 11.8 Å². The minimum Gasteiger partial charge on any atom is -0.461 e. The topological polar surface area (TPSA) is 66.8 Å². The lowest BCUT2D eigenvalue weighted by atomic mass is 10.2. The molecule has 1 aliphatic rings. The van der Waals surface area contributed by atoms with Gasteiger partial charge in [0.25, 0.3) is 0 Å². The molecule has 0 spiro atoms. The molecule has 1 aliphatic heterocycles. The number of ether oxygens (including phenoxy) is 1. The van der Waals surface area contributed by atoms with Crippen molar-refractivity contribution in [3.8, 4) is 0 Å². The van der Waals surface area contributed by atoms with E-state index in [0.717, 1.165) is 18.4 Å². The van der Waals surface area contributed by atoms with E-state index in [1.807, 2.05) is 44.2 Å². The van der Waals surface area contributed by atoms with Crippen molar-refractivity contribution in [1.82, 2.24) is 0 Å². The van der Waals surface area contributed by atoms with Crippen LogP contribution >= 0.6 is 11.8 Å². The van der Waals surface area contributed by atoms with Crippen molar-refractivity contribution in [2.75, 3.05) is 11.5 Å². The second-order valence-electron chi connectivity index (χ2n) is 6.06. The summed E-state index contributed by atoms with van der Waals surface area (Å²) in [6.45, 7) is 9.05. The van der Waals surface area contributed by atoms with Crippen LogP contribution in [0.4, 0.5) is 0 Å². The van der Waals surface area contributed by atoms with Gasteiger partial charge >= 0.3 is 5.97 Å². The van der Waals surface area contributed by atoms with Crippen molar-refractivity contribution >= 4 is 17.7 Å². The van der Waals surface area contributed by atoms with E-state index in [1.165, 1.54) is 38.2 Å². The first-order valence-corrected chi connectivity index (χ1v) is 10.7. The predicted molar refractivity (Wildman–Crippen MR) is 112 cm³/mol. The van der Waals surface area contributed by atoms with E-state index in [2.05, 4.69) is 18.7 Å². The number of thioether (sulfide) groups is 1. The lowest BCUT2D eigenvalue weighted by Crippen LogP contribution is -2.15. The summed E-state index contributed by atoms with van der Waals surface area (Å²) in [5.74, 6) is 1.23. The Balaban J connectivity index is 0. The molecule has 0 aromatic heterocycles. The van der Waals surface area contributed by atoms with E-state index >= 15 is 0 Å². The van der Waals surface area contributed by atoms with Crippen molar-refractivity contribution in [3.05, 3.63) is 35.9 Å². The molecule has 0 aliphatic carbocycles. The van der Waals surface area contributed by atoms with Crippen molar-refractivity contribution in [2.24, 2.45) is 0 Å². The predicted octanol–water partition coefficient (Wildman–Crippen LogP) is 5.17. The van der Waals surface area contributed by atoms with Crippen LogP contribution in [0.3, 0.4) is 0 Å². The van der Waals surface area contributed by atoms with Gasteiger partial charge in [0.2, 0.25) is 0 Å². The number of benzene rings is 1. The molecule has 2 rings (SSSR count). The molecule has 1 fully saturated rings. The molecular formula is C21H38O4S. The molecular weight excluding hydrogens is 348 g/mol. The summed E-state index contributed by atoms with van der Waals surface area (Å²) < 4.78 is 5.09. The molecule has 1 heterocycles. The third-order valence-corrected chi connectivity index (χ3v) is 3.96. The molecule has 0 unspecified atom stereocenters. The SMILES string of the molecule is C1CCSC1.CC.CC(C)(O)O.CCCCC(=O)OCc1ccccc1. The summed E-state index contributed by atoms with van der Waals surface area (Å²) in [5.41, 5.74) is 1.04. The average Bonchev–Trinajstić information content (AvgIpc) is 3.19. The summed E-state index contributed by atoms with van der Waals surface area (Å²) in [6, 6.07) is 9.73. The lowest BCUT2D eigenvalue weighted by molar-refractivity contribution is -0.145. The number of hydrogen-bond donors (Lipinski definition) is 2. The number of esters is 1. The number of aliphatic hydroxyl groups is 2. The Hall–Kier alpha value is -1.04. The first-order chi connectivity index (χ1) is 12.3. The summed E-state index contributed by atoms with van der Waals surface area (Å²) in [5, 5.41) is 16.2. The molecule has 0 saturated carbocycles. The number of carbonyl (C=O) groups excluding carboxylic acids is 1. The Kier molecular flexibility index (Phi) is 19.6. The first kappa shape index (κ1) is 27.2. The van der Waals surface area contributed by atoms with E-state index in [9.17, 15) is 4.79 Å². The van der Waals surface area contributed by atoms with Crippen LogP contribution in [0.25, 0.3) is 0 Å². The fourth-order valence-electron chi connectivity index (χ4n) is 1.64. The van der Waals surface area contributed by atoms with Crippen LogP contribution in [0.15, 0.2) is 30.3 Å². The second-order valence-corrected chi connectivity index (χ2v) is 7.29. The Morgan fingerprint density at radius 3 is 2.00 bits per heavy atom. The quantitative estimate of drug-likeness (QED) is 0.540. The maximum atomic E-state index is 11.2. The van der Waals surface area contributed by atoms with Crippen LogP contribution in [0.5, 0.6) is 0 Å². The smallest absolute Gasteiger partial charge is 0.306 e. The number of carbonyl (C=O) groups is 1. The minimum atomic E-state index is -1.50. The molecule has 152 valence electrons. The highest BCUT2D eigenvalue weighted by Crippen LogP contribution is 2.14. The van der Waals surface area contributed by atoms with Gasteiger partial charge in [-0.3, -0.25) is 4.79 Å². The Bertz CT molecular complexity index is 398. The van der Waals surface area contributed by atoms with Crippen LogP contribution in [0.2, 0.25) is 0 Å². The standard InChI is InChI=1S/C12H16O2.C4H8S.C3H8O2.C2H6/c1-2-3-9-12(13)14-10-11-7-5-4-6-8-11;1-2-4-5-3-1;1-3(2,4)5;1-2/h4-8H,2-3,9-10H2,1H3;1-4H2;4-5H,1-2H3;1-2H3. The first-order valence-electron chi connectivity index (χ1n) is 9.55. The van der Waals surface area contributed by atoms with Crippen LogP contribution in [-0.4, -0.2) is 33.5 Å².